The average molecular weight is 267 g/mol. The lowest BCUT2D eigenvalue weighted by Crippen LogP contribution is -2.08. The summed E-state index contributed by atoms with van der Waals surface area (Å²) < 4.78 is 17.5. The Morgan fingerprint density at radius 2 is 2.33 bits per heavy atom. The van der Waals surface area contributed by atoms with E-state index in [1.165, 1.54) is 31.0 Å². The van der Waals surface area contributed by atoms with Gasteiger partial charge < -0.3 is 4.74 Å². The molecule has 1 aromatic rings. The Balaban J connectivity index is 2.58. The summed E-state index contributed by atoms with van der Waals surface area (Å²) in [5.74, 6) is -0.0982. The predicted molar refractivity (Wildman–Crippen MR) is 68.5 cm³/mol. The minimum atomic E-state index is -0.414. The Bertz CT molecular complexity index is 471. The smallest absolute Gasteiger partial charge is 0.306 e. The zero-order chi connectivity index (χ0) is 13.5. The third-order valence-electron chi connectivity index (χ3n) is 2.40. The maximum Gasteiger partial charge on any atom is 0.306 e. The van der Waals surface area contributed by atoms with E-state index in [0.717, 1.165) is 5.56 Å². The summed E-state index contributed by atoms with van der Waals surface area (Å²) in [6, 6.07) is 6.13. The highest BCUT2D eigenvalue weighted by Crippen LogP contribution is 2.22. The number of esters is 1. The standard InChI is InChI=1S/C13H14FNO2S/c1-9(5-13(16)17-2)18-8-10-3-4-12(14)6-11(10)7-15/h3-4,6,9H,5,8H2,1-2H3/t9-/m1/s1. The Morgan fingerprint density at radius 1 is 1.61 bits per heavy atom. The highest BCUT2D eigenvalue weighted by atomic mass is 32.2. The zero-order valence-corrected chi connectivity index (χ0v) is 11.1. The highest BCUT2D eigenvalue weighted by molar-refractivity contribution is 7.99. The molecule has 0 amide bonds. The van der Waals surface area contributed by atoms with Gasteiger partial charge in [0.15, 0.2) is 0 Å². The minimum absolute atomic E-state index is 0.0917. The van der Waals surface area contributed by atoms with Crippen molar-refractivity contribution in [1.82, 2.24) is 0 Å². The molecule has 0 saturated carbocycles. The molecule has 0 saturated heterocycles. The predicted octanol–water partition coefficient (Wildman–Crippen LogP) is 2.88. The minimum Gasteiger partial charge on any atom is -0.469 e. The third kappa shape index (κ3) is 4.38. The van der Waals surface area contributed by atoms with Crippen LogP contribution in [0.15, 0.2) is 18.2 Å². The molecular weight excluding hydrogens is 253 g/mol. The summed E-state index contributed by atoms with van der Waals surface area (Å²) >= 11 is 1.53. The quantitative estimate of drug-likeness (QED) is 0.770. The molecule has 0 radical (unpaired) electrons. The van der Waals surface area contributed by atoms with Gasteiger partial charge in [-0.15, -0.1) is 0 Å². The summed E-state index contributed by atoms with van der Waals surface area (Å²) in [6.45, 7) is 1.91. The van der Waals surface area contributed by atoms with E-state index in [4.69, 9.17) is 5.26 Å². The number of rotatable bonds is 5. The van der Waals surface area contributed by atoms with Gasteiger partial charge >= 0.3 is 5.97 Å². The van der Waals surface area contributed by atoms with Gasteiger partial charge in [0.1, 0.15) is 5.82 Å². The van der Waals surface area contributed by atoms with Crippen LogP contribution in [0.5, 0.6) is 0 Å². The number of carbonyl (C=O) groups is 1. The second-order valence-electron chi connectivity index (χ2n) is 3.82. The maximum atomic E-state index is 12.9. The number of thioether (sulfide) groups is 1. The van der Waals surface area contributed by atoms with Crippen molar-refractivity contribution in [1.29, 1.82) is 5.26 Å². The second kappa shape index (κ2) is 7.02. The van der Waals surface area contributed by atoms with Crippen LogP contribution in [-0.2, 0) is 15.3 Å². The molecule has 0 aromatic heterocycles. The first-order valence-electron chi connectivity index (χ1n) is 5.43. The molecule has 96 valence electrons. The Labute approximate surface area is 110 Å². The summed E-state index contributed by atoms with van der Waals surface area (Å²) in [4.78, 5) is 11.1. The van der Waals surface area contributed by atoms with Crippen LogP contribution in [0.3, 0.4) is 0 Å². The molecule has 3 nitrogen and oxygen atoms in total. The molecule has 1 atom stereocenters. The maximum absolute atomic E-state index is 12.9. The molecule has 5 heteroatoms. The Morgan fingerprint density at radius 3 is 2.94 bits per heavy atom. The van der Waals surface area contributed by atoms with Gasteiger partial charge in [0.2, 0.25) is 0 Å². The first-order chi connectivity index (χ1) is 8.56. The van der Waals surface area contributed by atoms with Crippen LogP contribution < -0.4 is 0 Å². The first kappa shape index (κ1) is 14.5. The molecule has 0 aliphatic carbocycles. The van der Waals surface area contributed by atoms with Crippen LogP contribution in [-0.4, -0.2) is 18.3 Å². The average Bonchev–Trinajstić information content (AvgIpc) is 2.36. The van der Waals surface area contributed by atoms with Crippen molar-refractivity contribution in [2.24, 2.45) is 0 Å². The molecule has 18 heavy (non-hydrogen) atoms. The fraction of sp³-hybridized carbons (Fsp3) is 0.385. The van der Waals surface area contributed by atoms with E-state index in [2.05, 4.69) is 4.74 Å². The second-order valence-corrected chi connectivity index (χ2v) is 5.24. The number of halogens is 1. The van der Waals surface area contributed by atoms with Crippen LogP contribution in [0.2, 0.25) is 0 Å². The van der Waals surface area contributed by atoms with Crippen LogP contribution in [0.1, 0.15) is 24.5 Å². The van der Waals surface area contributed by atoms with Gasteiger partial charge in [0.05, 0.1) is 25.2 Å². The van der Waals surface area contributed by atoms with E-state index in [0.29, 0.717) is 17.7 Å². The largest absolute Gasteiger partial charge is 0.469 e. The van der Waals surface area contributed by atoms with Crippen LogP contribution in [0.4, 0.5) is 4.39 Å². The molecule has 0 N–H and O–H groups in total. The lowest BCUT2D eigenvalue weighted by atomic mass is 10.1. The van der Waals surface area contributed by atoms with Gasteiger partial charge in [-0.3, -0.25) is 4.79 Å². The summed E-state index contributed by atoms with van der Waals surface area (Å²) in [5.41, 5.74) is 1.12. The fourth-order valence-corrected chi connectivity index (χ4v) is 2.36. The van der Waals surface area contributed by atoms with Crippen LogP contribution in [0.25, 0.3) is 0 Å². The molecular formula is C13H14FNO2S. The summed E-state index contributed by atoms with van der Waals surface area (Å²) in [5, 5.41) is 8.98. The van der Waals surface area contributed by atoms with E-state index in [1.807, 2.05) is 13.0 Å². The van der Waals surface area contributed by atoms with Crippen molar-refractivity contribution < 1.29 is 13.9 Å². The fourth-order valence-electron chi connectivity index (χ4n) is 1.39. The number of carbonyl (C=O) groups excluding carboxylic acids is 1. The van der Waals surface area contributed by atoms with Gasteiger partial charge in [0.25, 0.3) is 0 Å². The van der Waals surface area contributed by atoms with E-state index in [-0.39, 0.29) is 11.2 Å². The molecule has 0 heterocycles. The van der Waals surface area contributed by atoms with Gasteiger partial charge in [-0.05, 0) is 17.7 Å². The molecule has 0 unspecified atom stereocenters. The van der Waals surface area contributed by atoms with E-state index in [1.54, 1.807) is 6.07 Å². The molecule has 0 aliphatic heterocycles. The molecule has 1 aromatic carbocycles. The number of hydrogen-bond acceptors (Lipinski definition) is 4. The number of hydrogen-bond donors (Lipinski definition) is 0. The van der Waals surface area contributed by atoms with Crippen molar-refractivity contribution in [2.45, 2.75) is 24.3 Å². The normalized spacial score (nSPS) is 11.7. The molecule has 1 rings (SSSR count). The third-order valence-corrected chi connectivity index (χ3v) is 3.61. The summed E-state index contributed by atoms with van der Waals surface area (Å²) in [6.07, 6.45) is 0.324. The van der Waals surface area contributed by atoms with E-state index < -0.39 is 5.82 Å². The number of ether oxygens (including phenoxy) is 1. The van der Waals surface area contributed by atoms with Crippen molar-refractivity contribution in [3.63, 3.8) is 0 Å². The molecule has 0 fully saturated rings. The van der Waals surface area contributed by atoms with Crippen LogP contribution >= 0.6 is 11.8 Å². The van der Waals surface area contributed by atoms with Gasteiger partial charge in [0, 0.05) is 11.0 Å². The van der Waals surface area contributed by atoms with Gasteiger partial charge in [-0.1, -0.05) is 13.0 Å². The monoisotopic (exact) mass is 267 g/mol. The lowest BCUT2D eigenvalue weighted by molar-refractivity contribution is -0.140. The number of benzene rings is 1. The molecule has 0 aliphatic rings. The number of methoxy groups -OCH3 is 1. The summed E-state index contributed by atoms with van der Waals surface area (Å²) in [7, 11) is 1.35. The number of nitrogens with zero attached hydrogens (tertiary/aromatic N) is 1. The Hall–Kier alpha value is -1.54. The first-order valence-corrected chi connectivity index (χ1v) is 6.48. The number of nitriles is 1. The van der Waals surface area contributed by atoms with Gasteiger partial charge in [-0.25, -0.2) is 4.39 Å². The van der Waals surface area contributed by atoms with Gasteiger partial charge in [-0.2, -0.15) is 17.0 Å². The van der Waals surface area contributed by atoms with E-state index >= 15 is 0 Å². The SMILES string of the molecule is COC(=O)C[C@@H](C)SCc1ccc(F)cc1C#N. The highest BCUT2D eigenvalue weighted by Gasteiger charge is 2.11. The lowest BCUT2D eigenvalue weighted by Gasteiger charge is -2.10. The van der Waals surface area contributed by atoms with Crippen molar-refractivity contribution in [3.8, 4) is 6.07 Å². The Kier molecular flexibility index (Phi) is 5.66. The van der Waals surface area contributed by atoms with E-state index in [9.17, 15) is 9.18 Å². The zero-order valence-electron chi connectivity index (χ0n) is 10.3. The van der Waals surface area contributed by atoms with Crippen molar-refractivity contribution in [2.75, 3.05) is 7.11 Å². The molecule has 0 spiro atoms. The molecule has 0 bridgehead atoms. The van der Waals surface area contributed by atoms with Crippen LogP contribution in [0, 0.1) is 17.1 Å². The topological polar surface area (TPSA) is 50.1 Å². The van der Waals surface area contributed by atoms with Crippen molar-refractivity contribution in [3.05, 3.63) is 35.1 Å². The van der Waals surface area contributed by atoms with Crippen molar-refractivity contribution >= 4 is 17.7 Å².